The molecule has 162 valence electrons. The van der Waals surface area contributed by atoms with E-state index in [1.807, 2.05) is 31.2 Å². The van der Waals surface area contributed by atoms with Crippen molar-refractivity contribution in [3.63, 3.8) is 0 Å². The number of halogens is 3. The van der Waals surface area contributed by atoms with E-state index in [0.29, 0.717) is 31.2 Å². The van der Waals surface area contributed by atoms with Crippen LogP contribution in [-0.4, -0.2) is 34.1 Å². The second-order valence-corrected chi connectivity index (χ2v) is 7.25. The molecule has 0 radical (unpaired) electrons. The first-order chi connectivity index (χ1) is 14.8. The summed E-state index contributed by atoms with van der Waals surface area (Å²) in [4.78, 5) is 18.6. The van der Waals surface area contributed by atoms with E-state index in [-0.39, 0.29) is 24.1 Å². The van der Waals surface area contributed by atoms with Crippen LogP contribution >= 0.6 is 0 Å². The van der Waals surface area contributed by atoms with Gasteiger partial charge in [-0.25, -0.2) is 0 Å². The minimum atomic E-state index is -4.41. The van der Waals surface area contributed by atoms with Crippen molar-refractivity contribution < 1.29 is 27.2 Å². The second kappa shape index (κ2) is 8.41. The number of para-hydroxylation sites is 1. The van der Waals surface area contributed by atoms with Crippen molar-refractivity contribution in [2.45, 2.75) is 32.0 Å². The number of amides is 1. The summed E-state index contributed by atoms with van der Waals surface area (Å²) in [5.74, 6) is 0.914. The fraction of sp³-hybridized carbons (Fsp3) is 0.318. The van der Waals surface area contributed by atoms with E-state index in [1.54, 1.807) is 4.90 Å². The highest BCUT2D eigenvalue weighted by molar-refractivity contribution is 5.79. The SMILES string of the molecule is CCOc1ccccc1CN1CC(c2nc(-c3ccc(C(F)(F)F)cc3)no2)CC1=O. The topological polar surface area (TPSA) is 68.5 Å². The van der Waals surface area contributed by atoms with Crippen molar-refractivity contribution in [2.24, 2.45) is 0 Å². The summed E-state index contributed by atoms with van der Waals surface area (Å²) in [6, 6.07) is 12.1. The smallest absolute Gasteiger partial charge is 0.416 e. The molecule has 3 aromatic rings. The van der Waals surface area contributed by atoms with E-state index in [9.17, 15) is 18.0 Å². The third-order valence-electron chi connectivity index (χ3n) is 5.11. The quantitative estimate of drug-likeness (QED) is 0.567. The van der Waals surface area contributed by atoms with E-state index in [4.69, 9.17) is 9.26 Å². The van der Waals surface area contributed by atoms with Gasteiger partial charge in [-0.1, -0.05) is 35.5 Å². The number of likely N-dealkylation sites (tertiary alicyclic amines) is 1. The van der Waals surface area contributed by atoms with Crippen LogP contribution in [0.5, 0.6) is 5.75 Å². The molecular formula is C22H20F3N3O3. The molecule has 1 amide bonds. The van der Waals surface area contributed by atoms with Gasteiger partial charge in [0.05, 0.1) is 18.1 Å². The molecule has 1 aliphatic rings. The summed E-state index contributed by atoms with van der Waals surface area (Å²) in [5.41, 5.74) is 0.577. The number of hydrogen-bond acceptors (Lipinski definition) is 5. The van der Waals surface area contributed by atoms with Crippen LogP contribution in [0.3, 0.4) is 0 Å². The van der Waals surface area contributed by atoms with Crippen LogP contribution in [0.4, 0.5) is 13.2 Å². The van der Waals surface area contributed by atoms with Crippen LogP contribution in [0.1, 0.15) is 36.3 Å². The van der Waals surface area contributed by atoms with Gasteiger partial charge in [0.1, 0.15) is 5.75 Å². The Morgan fingerprint density at radius 3 is 2.61 bits per heavy atom. The summed E-state index contributed by atoms with van der Waals surface area (Å²) in [5, 5.41) is 3.88. The first-order valence-electron chi connectivity index (χ1n) is 9.85. The van der Waals surface area contributed by atoms with Gasteiger partial charge >= 0.3 is 6.18 Å². The summed E-state index contributed by atoms with van der Waals surface area (Å²) in [6.07, 6.45) is -4.18. The Balaban J connectivity index is 1.46. The van der Waals surface area contributed by atoms with Crippen molar-refractivity contribution in [2.75, 3.05) is 13.2 Å². The van der Waals surface area contributed by atoms with E-state index >= 15 is 0 Å². The highest BCUT2D eigenvalue weighted by Gasteiger charge is 2.35. The minimum absolute atomic E-state index is 0.0365. The zero-order valence-electron chi connectivity index (χ0n) is 16.7. The molecule has 1 unspecified atom stereocenters. The van der Waals surface area contributed by atoms with Gasteiger partial charge in [-0.3, -0.25) is 4.79 Å². The van der Waals surface area contributed by atoms with Gasteiger partial charge in [-0.05, 0) is 25.1 Å². The lowest BCUT2D eigenvalue weighted by atomic mass is 10.1. The van der Waals surface area contributed by atoms with E-state index in [1.165, 1.54) is 12.1 Å². The van der Waals surface area contributed by atoms with Gasteiger partial charge in [0.15, 0.2) is 0 Å². The molecule has 0 bridgehead atoms. The first-order valence-corrected chi connectivity index (χ1v) is 9.85. The molecule has 0 aliphatic carbocycles. The van der Waals surface area contributed by atoms with Gasteiger partial charge in [0.25, 0.3) is 0 Å². The summed E-state index contributed by atoms with van der Waals surface area (Å²) >= 11 is 0. The highest BCUT2D eigenvalue weighted by atomic mass is 19.4. The summed E-state index contributed by atoms with van der Waals surface area (Å²) in [7, 11) is 0. The molecule has 2 aromatic carbocycles. The Bertz CT molecular complexity index is 1060. The molecule has 1 saturated heterocycles. The number of carbonyl (C=O) groups excluding carboxylic acids is 1. The van der Waals surface area contributed by atoms with Crippen molar-refractivity contribution in [1.29, 1.82) is 0 Å². The number of nitrogens with zero attached hydrogens (tertiary/aromatic N) is 3. The number of alkyl halides is 3. The van der Waals surface area contributed by atoms with Crippen molar-refractivity contribution in [1.82, 2.24) is 15.0 Å². The van der Waals surface area contributed by atoms with Gasteiger partial charge in [0.2, 0.25) is 17.6 Å². The van der Waals surface area contributed by atoms with Crippen LogP contribution in [0.2, 0.25) is 0 Å². The zero-order valence-corrected chi connectivity index (χ0v) is 16.7. The molecule has 1 aliphatic heterocycles. The molecule has 0 N–H and O–H groups in total. The lowest BCUT2D eigenvalue weighted by Gasteiger charge is -2.18. The molecule has 0 spiro atoms. The fourth-order valence-corrected chi connectivity index (χ4v) is 3.55. The van der Waals surface area contributed by atoms with Gasteiger partial charge in [0, 0.05) is 30.6 Å². The van der Waals surface area contributed by atoms with Crippen LogP contribution in [0, 0.1) is 0 Å². The number of hydrogen-bond donors (Lipinski definition) is 0. The molecule has 2 heterocycles. The van der Waals surface area contributed by atoms with Crippen molar-refractivity contribution >= 4 is 5.91 Å². The number of aromatic nitrogens is 2. The molecular weight excluding hydrogens is 411 g/mol. The average molecular weight is 431 g/mol. The van der Waals surface area contributed by atoms with Gasteiger partial charge < -0.3 is 14.2 Å². The molecule has 9 heteroatoms. The Kier molecular flexibility index (Phi) is 5.67. The van der Waals surface area contributed by atoms with Crippen molar-refractivity contribution in [3.05, 3.63) is 65.5 Å². The number of benzene rings is 2. The normalized spacial score (nSPS) is 16.7. The summed E-state index contributed by atoms with van der Waals surface area (Å²) in [6.45, 7) is 3.25. The molecule has 6 nitrogen and oxygen atoms in total. The molecule has 0 saturated carbocycles. The van der Waals surface area contributed by atoms with E-state index in [0.717, 1.165) is 23.4 Å². The number of carbonyl (C=O) groups is 1. The Labute approximate surface area is 176 Å². The highest BCUT2D eigenvalue weighted by Crippen LogP contribution is 2.33. The monoisotopic (exact) mass is 431 g/mol. The standard InChI is InChI=1S/C22H20F3N3O3/c1-2-30-18-6-4-3-5-15(18)12-28-13-16(11-19(28)29)21-26-20(27-31-21)14-7-9-17(10-8-14)22(23,24)25/h3-10,16H,2,11-13H2,1H3. The predicted molar refractivity (Wildman–Crippen MR) is 105 cm³/mol. The molecule has 1 atom stereocenters. The van der Waals surface area contributed by atoms with Crippen LogP contribution in [0.25, 0.3) is 11.4 Å². The van der Waals surface area contributed by atoms with Crippen molar-refractivity contribution in [3.8, 4) is 17.1 Å². The molecule has 1 fully saturated rings. The molecule has 31 heavy (non-hydrogen) atoms. The first kappa shape index (κ1) is 20.9. The number of ether oxygens (including phenoxy) is 1. The Morgan fingerprint density at radius 2 is 1.90 bits per heavy atom. The van der Waals surface area contributed by atoms with Crippen LogP contribution in [-0.2, 0) is 17.5 Å². The third kappa shape index (κ3) is 4.55. The van der Waals surface area contributed by atoms with Gasteiger partial charge in [-0.15, -0.1) is 0 Å². The molecule has 4 rings (SSSR count). The minimum Gasteiger partial charge on any atom is -0.494 e. The van der Waals surface area contributed by atoms with Crippen LogP contribution < -0.4 is 4.74 Å². The summed E-state index contributed by atoms with van der Waals surface area (Å²) < 4.78 is 49.2. The average Bonchev–Trinajstić information content (AvgIpc) is 3.36. The second-order valence-electron chi connectivity index (χ2n) is 7.25. The van der Waals surface area contributed by atoms with Gasteiger partial charge in [-0.2, -0.15) is 18.2 Å². The zero-order chi connectivity index (χ0) is 22.0. The lowest BCUT2D eigenvalue weighted by molar-refractivity contribution is -0.137. The van der Waals surface area contributed by atoms with E-state index in [2.05, 4.69) is 10.1 Å². The largest absolute Gasteiger partial charge is 0.494 e. The predicted octanol–water partition coefficient (Wildman–Crippen LogP) is 4.67. The van der Waals surface area contributed by atoms with Crippen LogP contribution in [0.15, 0.2) is 53.1 Å². The Hall–Kier alpha value is -3.36. The third-order valence-corrected chi connectivity index (χ3v) is 5.11. The maximum Gasteiger partial charge on any atom is 0.416 e. The maximum absolute atomic E-state index is 12.7. The van der Waals surface area contributed by atoms with E-state index < -0.39 is 11.7 Å². The number of rotatable bonds is 6. The lowest BCUT2D eigenvalue weighted by Crippen LogP contribution is -2.24. The Morgan fingerprint density at radius 1 is 1.16 bits per heavy atom. The maximum atomic E-state index is 12.7. The fourth-order valence-electron chi connectivity index (χ4n) is 3.55. The molecule has 1 aromatic heterocycles.